The predicted octanol–water partition coefficient (Wildman–Crippen LogP) is 2.22. The van der Waals surface area contributed by atoms with E-state index in [0.717, 1.165) is 5.69 Å². The molecule has 5 heteroatoms. The molecule has 20 heavy (non-hydrogen) atoms. The Bertz CT molecular complexity index is 634. The number of anilines is 2. The standard InChI is InChI=1S/C15H14N4O/c16-8-4-10-19(12-5-2-1-3-6-12)15(20)13-11-18-9-7-14(13)17/h1-3,5-7,9,11H,4,10H2,(H2,17,18). The van der Waals surface area contributed by atoms with Gasteiger partial charge in [-0.15, -0.1) is 0 Å². The number of carbonyl (C=O) groups excluding carboxylic acids is 1. The largest absolute Gasteiger partial charge is 0.398 e. The number of nitrogen functional groups attached to an aromatic ring is 1. The first kappa shape index (κ1) is 13.6. The molecule has 0 radical (unpaired) electrons. The van der Waals surface area contributed by atoms with E-state index in [1.54, 1.807) is 6.07 Å². The van der Waals surface area contributed by atoms with Gasteiger partial charge in [0.2, 0.25) is 0 Å². The van der Waals surface area contributed by atoms with E-state index < -0.39 is 0 Å². The molecule has 2 N–H and O–H groups in total. The maximum Gasteiger partial charge on any atom is 0.261 e. The second-order valence-electron chi connectivity index (χ2n) is 4.16. The van der Waals surface area contributed by atoms with Crippen LogP contribution in [0.4, 0.5) is 11.4 Å². The minimum absolute atomic E-state index is 0.251. The molecule has 0 saturated carbocycles. The number of hydrogen-bond acceptors (Lipinski definition) is 4. The molecule has 0 atom stereocenters. The van der Waals surface area contributed by atoms with Gasteiger partial charge in [0.25, 0.3) is 5.91 Å². The van der Waals surface area contributed by atoms with Crippen LogP contribution in [-0.4, -0.2) is 17.4 Å². The van der Waals surface area contributed by atoms with Crippen LogP contribution < -0.4 is 10.6 Å². The summed E-state index contributed by atoms with van der Waals surface area (Å²) in [5, 5.41) is 8.74. The maximum atomic E-state index is 12.6. The van der Waals surface area contributed by atoms with Crippen LogP contribution in [0.2, 0.25) is 0 Å². The summed E-state index contributed by atoms with van der Waals surface area (Å²) in [6.07, 6.45) is 3.23. The lowest BCUT2D eigenvalue weighted by atomic mass is 10.2. The van der Waals surface area contributed by atoms with Gasteiger partial charge in [-0.3, -0.25) is 9.78 Å². The molecule has 100 valence electrons. The van der Waals surface area contributed by atoms with Crippen molar-refractivity contribution in [1.82, 2.24) is 4.98 Å². The highest BCUT2D eigenvalue weighted by atomic mass is 16.2. The van der Waals surface area contributed by atoms with E-state index in [-0.39, 0.29) is 12.3 Å². The normalized spacial score (nSPS) is 9.75. The number of nitrogens with two attached hydrogens (primary N) is 1. The zero-order valence-electron chi connectivity index (χ0n) is 10.9. The van der Waals surface area contributed by atoms with Gasteiger partial charge in [-0.1, -0.05) is 18.2 Å². The summed E-state index contributed by atoms with van der Waals surface area (Å²) in [5.74, 6) is -0.253. The van der Waals surface area contributed by atoms with Gasteiger partial charge >= 0.3 is 0 Å². The average Bonchev–Trinajstić information content (AvgIpc) is 2.49. The molecule has 1 amide bonds. The number of hydrogen-bond donors (Lipinski definition) is 1. The molecule has 5 nitrogen and oxygen atoms in total. The Morgan fingerprint density at radius 1 is 1.30 bits per heavy atom. The summed E-state index contributed by atoms with van der Waals surface area (Å²) < 4.78 is 0. The number of amides is 1. The summed E-state index contributed by atoms with van der Waals surface area (Å²) in [6.45, 7) is 0.313. The van der Waals surface area contributed by atoms with Crippen molar-refractivity contribution in [1.29, 1.82) is 5.26 Å². The van der Waals surface area contributed by atoms with Crippen LogP contribution in [0, 0.1) is 11.3 Å². The summed E-state index contributed by atoms with van der Waals surface area (Å²) >= 11 is 0. The van der Waals surface area contributed by atoms with Crippen molar-refractivity contribution in [3.8, 4) is 6.07 Å². The highest BCUT2D eigenvalue weighted by Gasteiger charge is 2.19. The zero-order chi connectivity index (χ0) is 14.4. The fourth-order valence-electron chi connectivity index (χ4n) is 1.85. The van der Waals surface area contributed by atoms with Gasteiger partial charge < -0.3 is 10.6 Å². The fraction of sp³-hybridized carbons (Fsp3) is 0.133. The molecule has 2 aromatic rings. The maximum absolute atomic E-state index is 12.6. The van der Waals surface area contributed by atoms with Crippen molar-refractivity contribution in [2.75, 3.05) is 17.2 Å². The van der Waals surface area contributed by atoms with Gasteiger partial charge in [0.05, 0.1) is 18.1 Å². The van der Waals surface area contributed by atoms with E-state index >= 15 is 0 Å². The highest BCUT2D eigenvalue weighted by Crippen LogP contribution is 2.19. The molecule has 0 spiro atoms. The molecule has 0 unspecified atom stereocenters. The molecule has 2 rings (SSSR count). The van der Waals surface area contributed by atoms with Crippen LogP contribution in [0.5, 0.6) is 0 Å². The number of aromatic nitrogens is 1. The third-order valence-electron chi connectivity index (χ3n) is 2.85. The summed E-state index contributed by atoms with van der Waals surface area (Å²) in [7, 11) is 0. The van der Waals surface area contributed by atoms with Crippen molar-refractivity contribution in [2.24, 2.45) is 0 Å². The third-order valence-corrected chi connectivity index (χ3v) is 2.85. The van der Waals surface area contributed by atoms with E-state index in [1.165, 1.54) is 17.3 Å². The lowest BCUT2D eigenvalue weighted by Crippen LogP contribution is -2.32. The molecule has 0 bridgehead atoms. The first-order valence-electron chi connectivity index (χ1n) is 6.17. The first-order chi connectivity index (χ1) is 9.74. The van der Waals surface area contributed by atoms with Crippen LogP contribution in [0.1, 0.15) is 16.8 Å². The van der Waals surface area contributed by atoms with Gasteiger partial charge in [0.1, 0.15) is 0 Å². The number of pyridine rings is 1. The molecule has 0 aliphatic carbocycles. The molecule has 0 aliphatic rings. The average molecular weight is 266 g/mol. The number of nitriles is 1. The lowest BCUT2D eigenvalue weighted by molar-refractivity contribution is 0.0988. The summed E-state index contributed by atoms with van der Waals surface area (Å²) in [4.78, 5) is 18.0. The summed E-state index contributed by atoms with van der Waals surface area (Å²) in [5.41, 5.74) is 7.27. The van der Waals surface area contributed by atoms with E-state index in [1.807, 2.05) is 36.4 Å². The molecule has 1 aromatic heterocycles. The first-order valence-corrected chi connectivity index (χ1v) is 6.17. The van der Waals surface area contributed by atoms with Gasteiger partial charge in [-0.25, -0.2) is 0 Å². The van der Waals surface area contributed by atoms with Crippen molar-refractivity contribution in [3.05, 3.63) is 54.4 Å². The Balaban J connectivity index is 2.35. The van der Waals surface area contributed by atoms with E-state index in [0.29, 0.717) is 17.8 Å². The number of rotatable bonds is 4. The monoisotopic (exact) mass is 266 g/mol. The predicted molar refractivity (Wildman–Crippen MR) is 77.0 cm³/mol. The van der Waals surface area contributed by atoms with Crippen molar-refractivity contribution in [2.45, 2.75) is 6.42 Å². The smallest absolute Gasteiger partial charge is 0.261 e. The zero-order valence-corrected chi connectivity index (χ0v) is 10.9. The van der Waals surface area contributed by atoms with E-state index in [9.17, 15) is 4.79 Å². The Labute approximate surface area is 117 Å². The van der Waals surface area contributed by atoms with E-state index in [4.69, 9.17) is 11.0 Å². The Morgan fingerprint density at radius 2 is 2.05 bits per heavy atom. The molecule has 1 heterocycles. The molecule has 0 aliphatic heterocycles. The SMILES string of the molecule is N#CCCN(C(=O)c1cnccc1N)c1ccccc1. The topological polar surface area (TPSA) is 83.0 Å². The minimum atomic E-state index is -0.253. The quantitative estimate of drug-likeness (QED) is 0.919. The summed E-state index contributed by atoms with van der Waals surface area (Å²) in [6, 6.07) is 12.8. The molecular weight excluding hydrogens is 252 g/mol. The number of para-hydroxylation sites is 1. The number of carbonyl (C=O) groups is 1. The van der Waals surface area contributed by atoms with Crippen LogP contribution >= 0.6 is 0 Å². The van der Waals surface area contributed by atoms with Crippen molar-refractivity contribution >= 4 is 17.3 Å². The van der Waals surface area contributed by atoms with Crippen LogP contribution in [0.25, 0.3) is 0 Å². The van der Waals surface area contributed by atoms with E-state index in [2.05, 4.69) is 4.98 Å². The second kappa shape index (κ2) is 6.34. The molecule has 0 saturated heterocycles. The molecule has 1 aromatic carbocycles. The molecular formula is C15H14N4O. The third kappa shape index (κ3) is 2.93. The fourth-order valence-corrected chi connectivity index (χ4v) is 1.85. The van der Waals surface area contributed by atoms with Gasteiger partial charge in [0, 0.05) is 30.3 Å². The van der Waals surface area contributed by atoms with Crippen LogP contribution in [-0.2, 0) is 0 Å². The van der Waals surface area contributed by atoms with Gasteiger partial charge in [0.15, 0.2) is 0 Å². The van der Waals surface area contributed by atoms with Crippen molar-refractivity contribution < 1.29 is 4.79 Å². The molecule has 0 fully saturated rings. The van der Waals surface area contributed by atoms with Crippen LogP contribution in [0.3, 0.4) is 0 Å². The lowest BCUT2D eigenvalue weighted by Gasteiger charge is -2.22. The van der Waals surface area contributed by atoms with Crippen molar-refractivity contribution in [3.63, 3.8) is 0 Å². The minimum Gasteiger partial charge on any atom is -0.398 e. The Morgan fingerprint density at radius 3 is 2.70 bits per heavy atom. The number of benzene rings is 1. The van der Waals surface area contributed by atoms with Crippen LogP contribution in [0.15, 0.2) is 48.8 Å². The Kier molecular flexibility index (Phi) is 4.30. The number of nitrogens with zero attached hydrogens (tertiary/aromatic N) is 3. The van der Waals surface area contributed by atoms with Gasteiger partial charge in [-0.05, 0) is 18.2 Å². The highest BCUT2D eigenvalue weighted by molar-refractivity contribution is 6.09. The second-order valence-corrected chi connectivity index (χ2v) is 4.16. The Hall–Kier alpha value is -2.87. The van der Waals surface area contributed by atoms with Gasteiger partial charge in [-0.2, -0.15) is 5.26 Å².